The second-order valence-corrected chi connectivity index (χ2v) is 6.36. The molecule has 1 aromatic rings. The molecule has 0 aliphatic heterocycles. The Balaban J connectivity index is 3.06. The Morgan fingerprint density at radius 1 is 1.40 bits per heavy atom. The van der Waals surface area contributed by atoms with Crippen LogP contribution in [0.25, 0.3) is 0 Å². The summed E-state index contributed by atoms with van der Waals surface area (Å²) in [6, 6.07) is 4.62. The standard InChI is InChI=1S/C13H20N2O4S/c1-4-5-9-15(3)20(18,19)14-12-10(2)7-6-8-11(12)13(16)17/h6-8,14H,4-5,9H2,1-3H3,(H,16,17). The molecule has 0 bridgehead atoms. The topological polar surface area (TPSA) is 86.7 Å². The molecule has 20 heavy (non-hydrogen) atoms. The number of aromatic carboxylic acids is 1. The number of benzene rings is 1. The first-order valence-corrected chi connectivity index (χ1v) is 7.80. The van der Waals surface area contributed by atoms with Gasteiger partial charge in [-0.05, 0) is 25.0 Å². The van der Waals surface area contributed by atoms with Gasteiger partial charge in [-0.3, -0.25) is 4.72 Å². The van der Waals surface area contributed by atoms with E-state index in [2.05, 4.69) is 4.72 Å². The molecular formula is C13H20N2O4S. The number of aryl methyl sites for hydroxylation is 1. The van der Waals surface area contributed by atoms with E-state index in [0.717, 1.165) is 12.8 Å². The van der Waals surface area contributed by atoms with Crippen LogP contribution >= 0.6 is 0 Å². The van der Waals surface area contributed by atoms with Crippen LogP contribution in [0, 0.1) is 6.92 Å². The van der Waals surface area contributed by atoms with Crippen molar-refractivity contribution in [3.05, 3.63) is 29.3 Å². The van der Waals surface area contributed by atoms with Crippen molar-refractivity contribution in [3.8, 4) is 0 Å². The summed E-state index contributed by atoms with van der Waals surface area (Å²) in [7, 11) is -2.28. The highest BCUT2D eigenvalue weighted by Crippen LogP contribution is 2.22. The lowest BCUT2D eigenvalue weighted by atomic mass is 10.1. The molecule has 112 valence electrons. The molecular weight excluding hydrogens is 280 g/mol. The highest BCUT2D eigenvalue weighted by Gasteiger charge is 2.21. The zero-order chi connectivity index (χ0) is 15.3. The maximum atomic E-state index is 12.2. The maximum Gasteiger partial charge on any atom is 0.337 e. The first-order chi connectivity index (χ1) is 9.29. The summed E-state index contributed by atoms with van der Waals surface area (Å²) >= 11 is 0. The smallest absolute Gasteiger partial charge is 0.337 e. The summed E-state index contributed by atoms with van der Waals surface area (Å²) in [6.45, 7) is 4.02. The lowest BCUT2D eigenvalue weighted by Crippen LogP contribution is -2.34. The number of nitrogens with one attached hydrogen (secondary N) is 1. The van der Waals surface area contributed by atoms with Gasteiger partial charge < -0.3 is 5.11 Å². The molecule has 0 fully saturated rings. The molecule has 0 aliphatic carbocycles. The van der Waals surface area contributed by atoms with Crippen LogP contribution < -0.4 is 4.72 Å². The van der Waals surface area contributed by atoms with Crippen LogP contribution in [0.3, 0.4) is 0 Å². The Kier molecular flexibility index (Phi) is 5.52. The molecule has 0 aliphatic rings. The van der Waals surface area contributed by atoms with Crippen LogP contribution in [0.4, 0.5) is 5.69 Å². The van der Waals surface area contributed by atoms with Crippen molar-refractivity contribution in [2.45, 2.75) is 26.7 Å². The molecule has 1 rings (SSSR count). The molecule has 0 aromatic heterocycles. The monoisotopic (exact) mass is 300 g/mol. The number of carboxylic acids is 1. The number of rotatable bonds is 7. The van der Waals surface area contributed by atoms with E-state index in [1.807, 2.05) is 6.92 Å². The van der Waals surface area contributed by atoms with E-state index in [1.54, 1.807) is 19.1 Å². The van der Waals surface area contributed by atoms with Crippen molar-refractivity contribution in [1.82, 2.24) is 4.31 Å². The number of hydrogen-bond donors (Lipinski definition) is 2. The van der Waals surface area contributed by atoms with Crippen LogP contribution in [-0.2, 0) is 10.2 Å². The molecule has 0 radical (unpaired) electrons. The summed E-state index contributed by atoms with van der Waals surface area (Å²) < 4.78 is 27.9. The van der Waals surface area contributed by atoms with E-state index in [0.29, 0.717) is 12.1 Å². The lowest BCUT2D eigenvalue weighted by molar-refractivity contribution is 0.0698. The van der Waals surface area contributed by atoms with E-state index in [4.69, 9.17) is 5.11 Å². The average molecular weight is 300 g/mol. The fraction of sp³-hybridized carbons (Fsp3) is 0.462. The predicted molar refractivity (Wildman–Crippen MR) is 78.2 cm³/mol. The third kappa shape index (κ3) is 3.94. The maximum absolute atomic E-state index is 12.2. The molecule has 0 saturated carbocycles. The lowest BCUT2D eigenvalue weighted by Gasteiger charge is -2.20. The second-order valence-electron chi connectivity index (χ2n) is 4.58. The van der Waals surface area contributed by atoms with E-state index in [1.165, 1.54) is 17.4 Å². The molecule has 0 unspecified atom stereocenters. The van der Waals surface area contributed by atoms with Gasteiger partial charge in [0.2, 0.25) is 0 Å². The third-order valence-electron chi connectivity index (χ3n) is 2.97. The summed E-state index contributed by atoms with van der Waals surface area (Å²) in [5.74, 6) is -1.16. The van der Waals surface area contributed by atoms with Crippen molar-refractivity contribution in [3.63, 3.8) is 0 Å². The summed E-state index contributed by atoms with van der Waals surface area (Å²) in [5.41, 5.74) is 0.623. The van der Waals surface area contributed by atoms with Crippen molar-refractivity contribution >= 4 is 21.9 Å². The Morgan fingerprint density at radius 3 is 2.60 bits per heavy atom. The number of anilines is 1. The largest absolute Gasteiger partial charge is 0.478 e. The summed E-state index contributed by atoms with van der Waals surface area (Å²) in [5, 5.41) is 9.12. The highest BCUT2D eigenvalue weighted by molar-refractivity contribution is 7.90. The van der Waals surface area contributed by atoms with Crippen LogP contribution in [0.2, 0.25) is 0 Å². The second kappa shape index (κ2) is 6.71. The number of nitrogens with zero attached hydrogens (tertiary/aromatic N) is 1. The van der Waals surface area contributed by atoms with Crippen molar-refractivity contribution < 1.29 is 18.3 Å². The van der Waals surface area contributed by atoms with Crippen molar-refractivity contribution in [2.24, 2.45) is 0 Å². The van der Waals surface area contributed by atoms with E-state index in [9.17, 15) is 13.2 Å². The molecule has 6 nitrogen and oxygen atoms in total. The van der Waals surface area contributed by atoms with Gasteiger partial charge in [0.05, 0.1) is 11.3 Å². The molecule has 0 amide bonds. The zero-order valence-electron chi connectivity index (χ0n) is 11.9. The van der Waals surface area contributed by atoms with Gasteiger partial charge in [0.15, 0.2) is 0 Å². The van der Waals surface area contributed by atoms with Gasteiger partial charge in [0, 0.05) is 13.6 Å². The van der Waals surface area contributed by atoms with Crippen LogP contribution in [0.1, 0.15) is 35.7 Å². The van der Waals surface area contributed by atoms with Gasteiger partial charge in [-0.15, -0.1) is 0 Å². The average Bonchev–Trinajstić information content (AvgIpc) is 2.37. The molecule has 0 saturated heterocycles. The number of carboxylic acid groups (broad SMARTS) is 1. The Labute approximate surface area is 119 Å². The van der Waals surface area contributed by atoms with Gasteiger partial charge in [-0.25, -0.2) is 4.79 Å². The Bertz CT molecular complexity index is 584. The highest BCUT2D eigenvalue weighted by atomic mass is 32.2. The Hall–Kier alpha value is -1.60. The van der Waals surface area contributed by atoms with E-state index < -0.39 is 16.2 Å². The normalized spacial score (nSPS) is 11.6. The SMILES string of the molecule is CCCCN(C)S(=O)(=O)Nc1c(C)cccc1C(=O)O. The number of hydrogen-bond acceptors (Lipinski definition) is 3. The predicted octanol–water partition coefficient (Wildman–Crippen LogP) is 2.08. The number of para-hydroxylation sites is 1. The third-order valence-corrected chi connectivity index (χ3v) is 4.44. The summed E-state index contributed by atoms with van der Waals surface area (Å²) in [6.07, 6.45) is 1.63. The van der Waals surface area contributed by atoms with Gasteiger partial charge in [0.1, 0.15) is 0 Å². The van der Waals surface area contributed by atoms with Crippen molar-refractivity contribution in [1.29, 1.82) is 0 Å². The minimum atomic E-state index is -3.74. The van der Waals surface area contributed by atoms with Crippen LogP contribution in [-0.4, -0.2) is 37.4 Å². The van der Waals surface area contributed by atoms with Crippen LogP contribution in [0.5, 0.6) is 0 Å². The first kappa shape index (κ1) is 16.5. The minimum Gasteiger partial charge on any atom is -0.478 e. The molecule has 2 N–H and O–H groups in total. The van der Waals surface area contributed by atoms with Crippen molar-refractivity contribution in [2.75, 3.05) is 18.3 Å². The van der Waals surface area contributed by atoms with E-state index >= 15 is 0 Å². The fourth-order valence-corrected chi connectivity index (χ4v) is 2.74. The number of carbonyl (C=O) groups is 1. The first-order valence-electron chi connectivity index (χ1n) is 6.36. The molecule has 1 aromatic carbocycles. The van der Waals surface area contributed by atoms with Gasteiger partial charge >= 0.3 is 16.2 Å². The number of unbranched alkanes of at least 4 members (excludes halogenated alkanes) is 1. The Morgan fingerprint density at radius 2 is 2.05 bits per heavy atom. The summed E-state index contributed by atoms with van der Waals surface area (Å²) in [4.78, 5) is 11.2. The van der Waals surface area contributed by atoms with Gasteiger partial charge in [-0.2, -0.15) is 12.7 Å². The van der Waals surface area contributed by atoms with E-state index in [-0.39, 0.29) is 11.3 Å². The molecule has 0 atom stereocenters. The fourth-order valence-electron chi connectivity index (χ4n) is 1.69. The zero-order valence-corrected chi connectivity index (χ0v) is 12.7. The quantitative estimate of drug-likeness (QED) is 0.807. The van der Waals surface area contributed by atoms with Gasteiger partial charge in [-0.1, -0.05) is 25.5 Å². The minimum absolute atomic E-state index is 0.0579. The van der Waals surface area contributed by atoms with Gasteiger partial charge in [0.25, 0.3) is 0 Å². The molecule has 0 heterocycles. The molecule has 7 heteroatoms. The van der Waals surface area contributed by atoms with Crippen LogP contribution in [0.15, 0.2) is 18.2 Å². The molecule has 0 spiro atoms.